The van der Waals surface area contributed by atoms with Crippen molar-refractivity contribution < 1.29 is 0 Å². The van der Waals surface area contributed by atoms with Gasteiger partial charge in [-0.3, -0.25) is 0 Å². The number of aromatic nitrogens is 2. The normalized spacial score (nSPS) is 23.4. The van der Waals surface area contributed by atoms with Crippen LogP contribution in [0.15, 0.2) is 41.3 Å². The number of halogens is 1. The summed E-state index contributed by atoms with van der Waals surface area (Å²) in [6.07, 6.45) is 6.40. The molecule has 0 N–H and O–H groups in total. The molecule has 1 aromatic heterocycles. The van der Waals surface area contributed by atoms with E-state index in [9.17, 15) is 0 Å². The summed E-state index contributed by atoms with van der Waals surface area (Å²) in [4.78, 5) is 4.31. The minimum atomic E-state index is 0.430. The Kier molecular flexibility index (Phi) is 2.79. The molecule has 2 unspecified atom stereocenters. The van der Waals surface area contributed by atoms with Crippen LogP contribution >= 0.6 is 15.9 Å². The molecular formula is C14H15BrN2. The average Bonchev–Trinajstić information content (AvgIpc) is 2.81. The van der Waals surface area contributed by atoms with E-state index in [1.165, 1.54) is 28.6 Å². The highest BCUT2D eigenvalue weighted by atomic mass is 79.9. The van der Waals surface area contributed by atoms with E-state index in [2.05, 4.69) is 56.7 Å². The molecule has 0 bridgehead atoms. The predicted molar refractivity (Wildman–Crippen MR) is 72.2 cm³/mol. The summed E-state index contributed by atoms with van der Waals surface area (Å²) in [5, 5.41) is 0. The summed E-state index contributed by atoms with van der Waals surface area (Å²) in [6, 6.07) is 8.92. The summed E-state index contributed by atoms with van der Waals surface area (Å²) >= 11 is 3.65. The number of nitrogens with zero attached hydrogens (tertiary/aromatic N) is 2. The van der Waals surface area contributed by atoms with Crippen LogP contribution in [-0.4, -0.2) is 9.55 Å². The van der Waals surface area contributed by atoms with Crippen molar-refractivity contribution in [1.82, 2.24) is 9.55 Å². The van der Waals surface area contributed by atoms with Gasteiger partial charge in [0.2, 0.25) is 0 Å². The van der Waals surface area contributed by atoms with Crippen molar-refractivity contribution in [3.05, 3.63) is 52.5 Å². The van der Waals surface area contributed by atoms with Crippen LogP contribution in [0.4, 0.5) is 0 Å². The molecule has 0 saturated carbocycles. The number of rotatable bonds is 1. The maximum absolute atomic E-state index is 4.31. The van der Waals surface area contributed by atoms with Gasteiger partial charge >= 0.3 is 0 Å². The van der Waals surface area contributed by atoms with Crippen molar-refractivity contribution >= 4 is 15.9 Å². The van der Waals surface area contributed by atoms with Gasteiger partial charge in [-0.1, -0.05) is 41.1 Å². The molecule has 1 aliphatic rings. The largest absolute Gasteiger partial charge is 0.327 e. The van der Waals surface area contributed by atoms with E-state index in [0.717, 1.165) is 0 Å². The molecule has 88 valence electrons. The predicted octanol–water partition coefficient (Wildman–Crippen LogP) is 4.13. The molecule has 1 aromatic carbocycles. The quantitative estimate of drug-likeness (QED) is 0.772. The Balaban J connectivity index is 2.08. The van der Waals surface area contributed by atoms with Gasteiger partial charge < -0.3 is 4.57 Å². The smallest absolute Gasteiger partial charge is 0.0954 e. The van der Waals surface area contributed by atoms with E-state index in [0.29, 0.717) is 12.0 Å². The highest BCUT2D eigenvalue weighted by Crippen LogP contribution is 2.38. The van der Waals surface area contributed by atoms with Gasteiger partial charge in [-0.05, 0) is 30.4 Å². The zero-order valence-electron chi connectivity index (χ0n) is 9.81. The Morgan fingerprint density at radius 1 is 1.29 bits per heavy atom. The van der Waals surface area contributed by atoms with E-state index in [-0.39, 0.29) is 0 Å². The van der Waals surface area contributed by atoms with Gasteiger partial charge in [0.1, 0.15) is 0 Å². The SMILES string of the molecule is CC1CCC(c2ccccc2Br)n2cncc21. The average molecular weight is 291 g/mol. The third kappa shape index (κ3) is 1.82. The van der Waals surface area contributed by atoms with Crippen molar-refractivity contribution in [3.63, 3.8) is 0 Å². The van der Waals surface area contributed by atoms with E-state index < -0.39 is 0 Å². The van der Waals surface area contributed by atoms with Crippen LogP contribution in [0.25, 0.3) is 0 Å². The monoisotopic (exact) mass is 290 g/mol. The fourth-order valence-electron chi connectivity index (χ4n) is 2.70. The molecule has 3 heteroatoms. The molecule has 2 aromatic rings. The molecule has 0 spiro atoms. The van der Waals surface area contributed by atoms with Gasteiger partial charge in [0.15, 0.2) is 0 Å². The maximum atomic E-state index is 4.31. The molecule has 2 atom stereocenters. The lowest BCUT2D eigenvalue weighted by Crippen LogP contribution is -2.20. The zero-order valence-corrected chi connectivity index (χ0v) is 11.4. The Bertz CT molecular complexity index is 533. The lowest BCUT2D eigenvalue weighted by atomic mass is 9.90. The van der Waals surface area contributed by atoms with Crippen LogP contribution in [-0.2, 0) is 0 Å². The number of hydrogen-bond acceptors (Lipinski definition) is 1. The lowest BCUT2D eigenvalue weighted by molar-refractivity contribution is 0.415. The van der Waals surface area contributed by atoms with Gasteiger partial charge in [0.05, 0.1) is 12.4 Å². The van der Waals surface area contributed by atoms with Gasteiger partial charge in [0.25, 0.3) is 0 Å². The highest BCUT2D eigenvalue weighted by molar-refractivity contribution is 9.10. The molecular weight excluding hydrogens is 276 g/mol. The number of hydrogen-bond donors (Lipinski definition) is 0. The molecule has 0 amide bonds. The summed E-state index contributed by atoms with van der Waals surface area (Å²) in [6.45, 7) is 2.28. The Hall–Kier alpha value is -1.09. The second-order valence-corrected chi connectivity index (χ2v) is 5.60. The zero-order chi connectivity index (χ0) is 11.8. The maximum Gasteiger partial charge on any atom is 0.0954 e. The Morgan fingerprint density at radius 2 is 2.12 bits per heavy atom. The first-order chi connectivity index (χ1) is 8.27. The van der Waals surface area contributed by atoms with Crippen molar-refractivity contribution in [2.45, 2.75) is 31.7 Å². The Morgan fingerprint density at radius 3 is 2.94 bits per heavy atom. The molecule has 3 rings (SSSR count). The van der Waals surface area contributed by atoms with Crippen molar-refractivity contribution in [3.8, 4) is 0 Å². The van der Waals surface area contributed by atoms with Crippen LogP contribution in [0, 0.1) is 0 Å². The minimum absolute atomic E-state index is 0.430. The second kappa shape index (κ2) is 4.30. The first-order valence-corrected chi connectivity index (χ1v) is 6.83. The van der Waals surface area contributed by atoms with E-state index in [4.69, 9.17) is 0 Å². The number of benzene rings is 1. The summed E-state index contributed by atoms with van der Waals surface area (Å²) in [7, 11) is 0. The van der Waals surface area contributed by atoms with Crippen LogP contribution in [0.5, 0.6) is 0 Å². The fraction of sp³-hybridized carbons (Fsp3) is 0.357. The third-order valence-electron chi connectivity index (χ3n) is 3.67. The van der Waals surface area contributed by atoms with Gasteiger partial charge in [-0.15, -0.1) is 0 Å². The van der Waals surface area contributed by atoms with Crippen molar-refractivity contribution in [2.24, 2.45) is 0 Å². The molecule has 17 heavy (non-hydrogen) atoms. The van der Waals surface area contributed by atoms with Crippen molar-refractivity contribution in [2.75, 3.05) is 0 Å². The minimum Gasteiger partial charge on any atom is -0.327 e. The van der Waals surface area contributed by atoms with Crippen LogP contribution in [0.2, 0.25) is 0 Å². The van der Waals surface area contributed by atoms with E-state index >= 15 is 0 Å². The topological polar surface area (TPSA) is 17.8 Å². The second-order valence-electron chi connectivity index (χ2n) is 4.74. The standard InChI is InChI=1S/C14H15BrN2/c1-10-6-7-13(17-9-16-8-14(10)17)11-4-2-3-5-12(11)15/h2-5,8-10,13H,6-7H2,1H3. The van der Waals surface area contributed by atoms with E-state index in [1.54, 1.807) is 0 Å². The molecule has 2 heterocycles. The van der Waals surface area contributed by atoms with Gasteiger partial charge in [-0.25, -0.2) is 4.98 Å². The summed E-state index contributed by atoms with van der Waals surface area (Å²) in [5.41, 5.74) is 2.72. The van der Waals surface area contributed by atoms with Crippen LogP contribution < -0.4 is 0 Å². The Labute approximate surface area is 110 Å². The lowest BCUT2D eigenvalue weighted by Gasteiger charge is -2.30. The molecule has 0 fully saturated rings. The molecule has 1 aliphatic heterocycles. The molecule has 2 nitrogen and oxygen atoms in total. The number of imidazole rings is 1. The van der Waals surface area contributed by atoms with Crippen molar-refractivity contribution in [1.29, 1.82) is 0 Å². The van der Waals surface area contributed by atoms with Gasteiger partial charge in [-0.2, -0.15) is 0 Å². The summed E-state index contributed by atoms with van der Waals surface area (Å²) in [5.74, 6) is 0.622. The molecule has 0 radical (unpaired) electrons. The first-order valence-electron chi connectivity index (χ1n) is 6.03. The van der Waals surface area contributed by atoms with Crippen LogP contribution in [0.3, 0.4) is 0 Å². The van der Waals surface area contributed by atoms with E-state index in [1.807, 2.05) is 12.5 Å². The fourth-order valence-corrected chi connectivity index (χ4v) is 3.25. The highest BCUT2D eigenvalue weighted by Gasteiger charge is 2.26. The van der Waals surface area contributed by atoms with Gasteiger partial charge in [0, 0.05) is 16.4 Å². The first kappa shape index (κ1) is 11.0. The molecule has 0 saturated heterocycles. The third-order valence-corrected chi connectivity index (χ3v) is 4.40. The van der Waals surface area contributed by atoms with Crippen LogP contribution in [0.1, 0.15) is 43.0 Å². The molecule has 0 aliphatic carbocycles. The number of fused-ring (bicyclic) bond motifs is 1. The summed E-state index contributed by atoms with van der Waals surface area (Å²) < 4.78 is 3.52.